The van der Waals surface area contributed by atoms with E-state index in [9.17, 15) is 38.4 Å². The summed E-state index contributed by atoms with van der Waals surface area (Å²) in [6.45, 7) is 1.66. The number of phosphoric ester groups is 1. The number of azide groups is 1. The van der Waals surface area contributed by atoms with Crippen LogP contribution >= 0.6 is 15.4 Å². The third-order valence-electron chi connectivity index (χ3n) is 8.64. The Morgan fingerprint density at radius 2 is 1.47 bits per heavy atom. The van der Waals surface area contributed by atoms with Gasteiger partial charge in [0.15, 0.2) is 7.60 Å². The first kappa shape index (κ1) is 57.7. The molecule has 0 bridgehead atoms. The normalized spacial score (nSPS) is 19.1. The van der Waals surface area contributed by atoms with Gasteiger partial charge in [0.1, 0.15) is 18.0 Å². The molecule has 0 amide bonds. The van der Waals surface area contributed by atoms with Crippen molar-refractivity contribution in [1.29, 1.82) is 0 Å². The van der Waals surface area contributed by atoms with Crippen molar-refractivity contribution < 1.29 is 141 Å². The zero-order chi connectivity index (χ0) is 38.4. The number of aromatic nitrogens is 2. The second-order valence-corrected chi connectivity index (χ2v) is 16.0. The van der Waals surface area contributed by atoms with Gasteiger partial charge in [0.2, 0.25) is 0 Å². The number of unbranched alkanes of at least 4 members (excludes halogenated alkanes) is 15. The molecule has 2 rings (SSSR count). The van der Waals surface area contributed by atoms with Crippen LogP contribution in [0.2, 0.25) is 0 Å². The second kappa shape index (κ2) is 32.4. The van der Waals surface area contributed by atoms with Gasteiger partial charge in [-0.3, -0.25) is 18.9 Å². The van der Waals surface area contributed by atoms with Crippen LogP contribution in [0, 0.1) is 6.92 Å². The summed E-state index contributed by atoms with van der Waals surface area (Å²) >= 11 is 0. The molecule has 0 aliphatic carbocycles. The largest absolute Gasteiger partial charge is 1.00 e. The van der Waals surface area contributed by atoms with Crippen molar-refractivity contribution in [3.05, 3.63) is 43.0 Å². The first-order valence-electron chi connectivity index (χ1n) is 18.2. The van der Waals surface area contributed by atoms with Crippen molar-refractivity contribution in [2.45, 2.75) is 147 Å². The maximum atomic E-state index is 12.7. The number of rotatable bonds is 30. The minimum atomic E-state index is -5.49. The number of hydrogen-bond donors (Lipinski definition) is 1. The van der Waals surface area contributed by atoms with Crippen molar-refractivity contribution in [3.63, 3.8) is 0 Å². The number of aryl methyl sites for hydroxylation is 1. The molecule has 1 fully saturated rings. The average molecular weight is 848 g/mol. The summed E-state index contributed by atoms with van der Waals surface area (Å²) in [7, 11) is -10.7. The molecule has 18 nitrogen and oxygen atoms in total. The minimum absolute atomic E-state index is 0. The van der Waals surface area contributed by atoms with Gasteiger partial charge in [-0.05, 0) is 18.9 Å². The van der Waals surface area contributed by atoms with E-state index in [1.54, 1.807) is 0 Å². The molecule has 2 heterocycles. The molecule has 298 valence electrons. The number of nitrogens with zero attached hydrogens (tertiary/aromatic N) is 4. The Bertz CT molecular complexity index is 1490. The summed E-state index contributed by atoms with van der Waals surface area (Å²) in [6.07, 6.45) is 16.4. The van der Waals surface area contributed by atoms with E-state index >= 15 is 0 Å². The number of carbonyl (C=O) groups is 1. The van der Waals surface area contributed by atoms with Crippen LogP contribution in [-0.2, 0) is 32.2 Å². The Hall–Kier alpha value is 0.640. The number of ether oxygens (including phenoxy) is 2. The summed E-state index contributed by atoms with van der Waals surface area (Å²) in [4.78, 5) is 64.1. The molecule has 0 aromatic carbocycles. The van der Waals surface area contributed by atoms with E-state index in [2.05, 4.69) is 26.5 Å². The standard InChI is InChI=1S/C32H57N5O13P2.3Na/c1-3-4-5-6-7-8-9-10-11-12-13-14-15-16-17-18-19-46-22-26(23-47-51(42,43)32(40)41)50-52(44,45)48-24-28-27(35-36-33)20-29(49-28)37-21-25(2)30(38)34-31(37)39;;;/h21,26-29H,3-20,22-24H2,1-2H3,(H,40,41)(H,42,43)(H,44,45)(H,34,38,39);;;/q;3*+1/p-3/t26-,27?,28-,29-;;;/m1.../s1. The van der Waals surface area contributed by atoms with Crippen LogP contribution < -0.4 is 115 Å². The number of carboxylic acid groups (broad SMARTS) is 1. The molecule has 55 heavy (non-hydrogen) atoms. The molecule has 3 unspecified atom stereocenters. The van der Waals surface area contributed by atoms with E-state index in [4.69, 9.17) is 24.1 Å². The predicted molar refractivity (Wildman–Crippen MR) is 185 cm³/mol. The van der Waals surface area contributed by atoms with E-state index in [0.717, 1.165) is 30.3 Å². The summed E-state index contributed by atoms with van der Waals surface area (Å²) in [5, 5.41) is 14.4. The molecule has 0 radical (unpaired) electrons. The third kappa shape index (κ3) is 24.5. The van der Waals surface area contributed by atoms with E-state index in [-0.39, 0.29) is 107 Å². The Labute approximate surface area is 389 Å². The second-order valence-electron chi connectivity index (χ2n) is 13.0. The average Bonchev–Trinajstić information content (AvgIpc) is 3.49. The molecule has 23 heteroatoms. The third-order valence-corrected chi connectivity index (χ3v) is 10.6. The summed E-state index contributed by atoms with van der Waals surface area (Å²) < 4.78 is 50.9. The van der Waals surface area contributed by atoms with Crippen LogP contribution in [-0.4, -0.2) is 59.9 Å². The first-order valence-corrected chi connectivity index (χ1v) is 21.2. The van der Waals surface area contributed by atoms with Crippen LogP contribution in [0.15, 0.2) is 20.9 Å². The van der Waals surface area contributed by atoms with E-state index in [1.165, 1.54) is 83.7 Å². The molecule has 0 spiro atoms. The van der Waals surface area contributed by atoms with Crippen molar-refractivity contribution in [3.8, 4) is 0 Å². The Balaban J connectivity index is 0. The van der Waals surface area contributed by atoms with Gasteiger partial charge in [0.05, 0.1) is 32.0 Å². The van der Waals surface area contributed by atoms with Crippen LogP contribution in [0.1, 0.15) is 128 Å². The molecule has 1 aromatic rings. The Kier molecular flexibility index (Phi) is 34.0. The van der Waals surface area contributed by atoms with Crippen LogP contribution in [0.3, 0.4) is 0 Å². The smallest absolute Gasteiger partial charge is 0.774 e. The van der Waals surface area contributed by atoms with Gasteiger partial charge in [-0.25, -0.2) is 4.79 Å². The molecule has 1 saturated heterocycles. The number of H-pyrrole nitrogens is 1. The van der Waals surface area contributed by atoms with Gasteiger partial charge >= 0.3 is 94.4 Å². The summed E-state index contributed by atoms with van der Waals surface area (Å²) in [5.41, 5.74) is 5.29. The van der Waals surface area contributed by atoms with Crippen molar-refractivity contribution in [2.75, 3.05) is 26.4 Å². The Morgan fingerprint density at radius 3 is 1.98 bits per heavy atom. The summed E-state index contributed by atoms with van der Waals surface area (Å²) in [5.74, 6) is 0. The molecular formula is C32H54N5Na3O13P2. The fourth-order valence-electron chi connectivity index (χ4n) is 5.71. The maximum Gasteiger partial charge on any atom is 1.00 e. The van der Waals surface area contributed by atoms with Crippen molar-refractivity contribution in [1.82, 2.24) is 9.55 Å². The zero-order valence-electron chi connectivity index (χ0n) is 33.2. The van der Waals surface area contributed by atoms with E-state index in [0.29, 0.717) is 6.42 Å². The molecule has 6 atom stereocenters. The van der Waals surface area contributed by atoms with Crippen LogP contribution in [0.4, 0.5) is 4.79 Å². The van der Waals surface area contributed by atoms with Gasteiger partial charge in [-0.2, -0.15) is 0 Å². The van der Waals surface area contributed by atoms with Gasteiger partial charge in [0, 0.05) is 29.7 Å². The SMILES string of the molecule is CCCCCCCCCCCCCCCCCCOC[C@H](COP(=O)([O-])C(=O)[O-])OP(=O)([O-])OC[C@H]1O[C@@H](n2cc(C)c(=O)[nH]c2=O)CC1N=[N+]=[N-].[Na+].[Na+].[Na+]. The minimum Gasteiger partial charge on any atom is -0.774 e. The van der Waals surface area contributed by atoms with Crippen LogP contribution in [0.5, 0.6) is 0 Å². The number of nitrogens with one attached hydrogen (secondary N) is 1. The zero-order valence-corrected chi connectivity index (χ0v) is 41.0. The van der Waals surface area contributed by atoms with Crippen molar-refractivity contribution >= 4 is 21.1 Å². The quantitative estimate of drug-likeness (QED) is 0.0193. The predicted octanol–water partition coefficient (Wildman–Crippen LogP) is -4.11. The Morgan fingerprint density at radius 1 is 0.945 bits per heavy atom. The molecular weight excluding hydrogens is 793 g/mol. The number of hydrogen-bond acceptors (Lipinski definition) is 14. The topological polar surface area (TPSA) is 270 Å². The van der Waals surface area contributed by atoms with Crippen LogP contribution in [0.25, 0.3) is 10.4 Å². The van der Waals surface area contributed by atoms with E-state index in [1.807, 2.05) is 0 Å². The molecule has 1 aromatic heterocycles. The van der Waals surface area contributed by atoms with Gasteiger partial charge in [-0.1, -0.05) is 108 Å². The van der Waals surface area contributed by atoms with Gasteiger partial charge < -0.3 is 47.3 Å². The first-order chi connectivity index (χ1) is 24.8. The van der Waals surface area contributed by atoms with Gasteiger partial charge in [-0.15, -0.1) is 0 Å². The number of phosphoric acid groups is 1. The monoisotopic (exact) mass is 847 g/mol. The molecule has 1 aliphatic rings. The number of aromatic amines is 1. The summed E-state index contributed by atoms with van der Waals surface area (Å²) in [6, 6.07) is -0.981. The van der Waals surface area contributed by atoms with Crippen molar-refractivity contribution in [2.24, 2.45) is 5.11 Å². The fourth-order valence-corrected chi connectivity index (χ4v) is 7.06. The van der Waals surface area contributed by atoms with Gasteiger partial charge in [0.25, 0.3) is 13.4 Å². The maximum absolute atomic E-state index is 12.7. The molecule has 0 saturated carbocycles. The number of carbonyl (C=O) groups excluding carboxylic acids is 1. The fraction of sp³-hybridized carbons (Fsp3) is 0.844. The molecule has 1 aliphatic heterocycles. The van der Waals surface area contributed by atoms with E-state index < -0.39 is 76.7 Å². The molecule has 1 N–H and O–H groups in total.